The Kier molecular flexibility index (Phi) is 7.31. The van der Waals surface area contributed by atoms with Crippen molar-refractivity contribution in [1.29, 1.82) is 0 Å². The summed E-state index contributed by atoms with van der Waals surface area (Å²) in [4.78, 5) is 56.4. The Labute approximate surface area is 226 Å². The predicted molar refractivity (Wildman–Crippen MR) is 142 cm³/mol. The number of benzene rings is 3. The Morgan fingerprint density at radius 2 is 1.69 bits per heavy atom. The predicted octanol–water partition coefficient (Wildman–Crippen LogP) is 2.44. The molecule has 0 spiro atoms. The summed E-state index contributed by atoms with van der Waals surface area (Å²) in [5.41, 5.74) is 1.55. The van der Waals surface area contributed by atoms with Crippen LogP contribution in [0.2, 0.25) is 0 Å². The number of phenolic OH excluding ortho intramolecular Hbond substituents is 1. The molecule has 0 radical (unpaired) electrons. The normalized spacial score (nSPS) is 18.9. The van der Waals surface area contributed by atoms with Gasteiger partial charge in [-0.3, -0.25) is 19.2 Å². The number of fused-ring (bicyclic) bond motifs is 1. The molecule has 9 heteroatoms. The molecule has 0 bridgehead atoms. The first-order chi connectivity index (χ1) is 18.9. The average molecular weight is 528 g/mol. The minimum atomic E-state index is -0.973. The van der Waals surface area contributed by atoms with Crippen molar-refractivity contribution in [3.8, 4) is 11.5 Å². The lowest BCUT2D eigenvalue weighted by Crippen LogP contribution is -2.53. The highest BCUT2D eigenvalue weighted by atomic mass is 16.5. The third kappa shape index (κ3) is 5.34. The van der Waals surface area contributed by atoms with Gasteiger partial charge in [0.15, 0.2) is 5.78 Å². The number of amides is 3. The Morgan fingerprint density at radius 1 is 0.974 bits per heavy atom. The molecule has 3 atom stereocenters. The number of methoxy groups -OCH3 is 1. The molecule has 2 N–H and O–H groups in total. The molecule has 0 aromatic heterocycles. The second-order valence-corrected chi connectivity index (χ2v) is 9.73. The molecule has 2 heterocycles. The summed E-state index contributed by atoms with van der Waals surface area (Å²) in [7, 11) is 1.50. The van der Waals surface area contributed by atoms with Crippen LogP contribution in [0.1, 0.15) is 32.7 Å². The lowest BCUT2D eigenvalue weighted by molar-refractivity contribution is -0.138. The van der Waals surface area contributed by atoms with Crippen LogP contribution >= 0.6 is 0 Å². The summed E-state index contributed by atoms with van der Waals surface area (Å²) in [5.74, 6) is -0.694. The third-order valence-corrected chi connectivity index (χ3v) is 7.30. The fourth-order valence-electron chi connectivity index (χ4n) is 5.36. The van der Waals surface area contributed by atoms with Gasteiger partial charge in [-0.25, -0.2) is 0 Å². The van der Waals surface area contributed by atoms with Crippen molar-refractivity contribution in [3.05, 3.63) is 95.6 Å². The largest absolute Gasteiger partial charge is 0.508 e. The van der Waals surface area contributed by atoms with Gasteiger partial charge in [0.05, 0.1) is 19.7 Å². The zero-order valence-electron chi connectivity index (χ0n) is 21.4. The Hall–Kier alpha value is -4.66. The van der Waals surface area contributed by atoms with Crippen molar-refractivity contribution in [1.82, 2.24) is 15.1 Å². The molecule has 3 aromatic carbocycles. The smallest absolute Gasteiger partial charge is 0.254 e. The van der Waals surface area contributed by atoms with Crippen LogP contribution in [-0.2, 0) is 16.0 Å². The molecule has 2 fully saturated rings. The summed E-state index contributed by atoms with van der Waals surface area (Å²) in [5, 5.41) is 12.5. The van der Waals surface area contributed by atoms with Gasteiger partial charge in [-0.05, 0) is 54.4 Å². The fraction of sp³-hybridized carbons (Fsp3) is 0.267. The van der Waals surface area contributed by atoms with Crippen molar-refractivity contribution >= 4 is 23.5 Å². The summed E-state index contributed by atoms with van der Waals surface area (Å²) >= 11 is 0. The first-order valence-corrected chi connectivity index (χ1v) is 12.8. The summed E-state index contributed by atoms with van der Waals surface area (Å²) < 4.78 is 5.22. The summed E-state index contributed by atoms with van der Waals surface area (Å²) in [6, 6.07) is 19.6. The van der Waals surface area contributed by atoms with E-state index in [4.69, 9.17) is 4.74 Å². The van der Waals surface area contributed by atoms with E-state index in [1.807, 2.05) is 6.07 Å². The van der Waals surface area contributed by atoms with E-state index >= 15 is 0 Å². The molecule has 2 aliphatic rings. The maximum absolute atomic E-state index is 13.9. The van der Waals surface area contributed by atoms with Gasteiger partial charge < -0.3 is 25.0 Å². The molecule has 0 aliphatic carbocycles. The number of nitrogens with zero attached hydrogens (tertiary/aromatic N) is 2. The van der Waals surface area contributed by atoms with Gasteiger partial charge in [0.25, 0.3) is 11.8 Å². The highest BCUT2D eigenvalue weighted by molar-refractivity contribution is 6.03. The number of nitrogens with one attached hydrogen (secondary N) is 1. The van der Waals surface area contributed by atoms with Gasteiger partial charge >= 0.3 is 0 Å². The quantitative estimate of drug-likeness (QED) is 0.488. The fourth-order valence-corrected chi connectivity index (χ4v) is 5.36. The number of carbonyl (C=O) groups is 4. The van der Waals surface area contributed by atoms with Crippen LogP contribution in [0.25, 0.3) is 0 Å². The SMILES string of the molecule is COc1cccc(C(=O)N[C@@H](Cc2ccc(O)cc2)C(=O)N2CC[C@@H]3[C@H]2C(=O)CN3C(=O)c2ccccc2)c1. The molecule has 0 saturated carbocycles. The minimum Gasteiger partial charge on any atom is -0.508 e. The van der Waals surface area contributed by atoms with E-state index < -0.39 is 29.9 Å². The highest BCUT2D eigenvalue weighted by Crippen LogP contribution is 2.31. The lowest BCUT2D eigenvalue weighted by atomic mass is 10.0. The van der Waals surface area contributed by atoms with Crippen LogP contribution in [0.3, 0.4) is 0 Å². The number of hydrogen-bond acceptors (Lipinski definition) is 6. The average Bonchev–Trinajstić information content (AvgIpc) is 3.54. The topological polar surface area (TPSA) is 116 Å². The number of ether oxygens (including phenoxy) is 1. The van der Waals surface area contributed by atoms with E-state index in [9.17, 15) is 24.3 Å². The van der Waals surface area contributed by atoms with E-state index in [-0.39, 0.29) is 30.4 Å². The van der Waals surface area contributed by atoms with E-state index in [0.29, 0.717) is 29.8 Å². The number of Topliss-reactive ketones (excluding diaryl/α,β-unsaturated/α-hetero) is 1. The number of aromatic hydroxyl groups is 1. The molecule has 200 valence electrons. The monoisotopic (exact) mass is 527 g/mol. The van der Waals surface area contributed by atoms with Gasteiger partial charge in [-0.15, -0.1) is 0 Å². The number of rotatable bonds is 7. The third-order valence-electron chi connectivity index (χ3n) is 7.30. The molecule has 2 saturated heterocycles. The van der Waals surface area contributed by atoms with Crippen LogP contribution in [0, 0.1) is 0 Å². The molecule has 0 unspecified atom stereocenters. The number of likely N-dealkylation sites (tertiary alicyclic amines) is 2. The first kappa shape index (κ1) is 26.0. The summed E-state index contributed by atoms with van der Waals surface area (Å²) in [6.45, 7) is 0.227. The van der Waals surface area contributed by atoms with Crippen LogP contribution < -0.4 is 10.1 Å². The Balaban J connectivity index is 1.38. The molecule has 39 heavy (non-hydrogen) atoms. The van der Waals surface area contributed by atoms with Crippen LogP contribution in [0.4, 0.5) is 0 Å². The van der Waals surface area contributed by atoms with E-state index in [2.05, 4.69) is 5.32 Å². The maximum Gasteiger partial charge on any atom is 0.254 e. The number of hydrogen-bond donors (Lipinski definition) is 2. The van der Waals surface area contributed by atoms with Crippen molar-refractivity contribution in [2.75, 3.05) is 20.2 Å². The van der Waals surface area contributed by atoms with Gasteiger partial charge in [0, 0.05) is 24.1 Å². The van der Waals surface area contributed by atoms with Crippen LogP contribution in [0.15, 0.2) is 78.9 Å². The molecule has 3 aromatic rings. The summed E-state index contributed by atoms with van der Waals surface area (Å²) in [6.07, 6.45) is 0.625. The zero-order valence-corrected chi connectivity index (χ0v) is 21.4. The Bertz CT molecular complexity index is 1390. The molecule has 9 nitrogen and oxygen atoms in total. The second-order valence-electron chi connectivity index (χ2n) is 9.73. The van der Waals surface area contributed by atoms with Crippen molar-refractivity contribution in [2.24, 2.45) is 0 Å². The van der Waals surface area contributed by atoms with E-state index in [1.54, 1.807) is 65.6 Å². The molecule has 2 aliphatic heterocycles. The van der Waals surface area contributed by atoms with Crippen LogP contribution in [0.5, 0.6) is 11.5 Å². The van der Waals surface area contributed by atoms with E-state index in [1.165, 1.54) is 24.1 Å². The Morgan fingerprint density at radius 3 is 2.41 bits per heavy atom. The molecular formula is C30H29N3O6. The maximum atomic E-state index is 13.9. The highest BCUT2D eigenvalue weighted by Gasteiger charge is 2.52. The zero-order chi connectivity index (χ0) is 27.5. The standard InChI is InChI=1S/C30H29N3O6/c1-39-23-9-5-8-21(17-23)28(36)31-24(16-19-10-12-22(34)13-11-19)30(38)32-15-14-25-27(32)26(35)18-33(25)29(37)20-6-3-2-4-7-20/h2-13,17,24-25,27,34H,14-16,18H2,1H3,(H,31,36)/t24-,25+,27-/m0/s1. The lowest BCUT2D eigenvalue weighted by Gasteiger charge is -2.28. The van der Waals surface area contributed by atoms with E-state index in [0.717, 1.165) is 5.56 Å². The van der Waals surface area contributed by atoms with Gasteiger partial charge in [0.2, 0.25) is 5.91 Å². The number of carbonyl (C=O) groups excluding carboxylic acids is 4. The van der Waals surface area contributed by atoms with Gasteiger partial charge in [-0.2, -0.15) is 0 Å². The van der Waals surface area contributed by atoms with Gasteiger partial charge in [0.1, 0.15) is 23.6 Å². The number of ketones is 1. The first-order valence-electron chi connectivity index (χ1n) is 12.8. The van der Waals surface area contributed by atoms with Gasteiger partial charge in [-0.1, -0.05) is 36.4 Å². The second kappa shape index (κ2) is 11.0. The molecule has 5 rings (SSSR count). The van der Waals surface area contributed by atoms with Crippen molar-refractivity contribution in [3.63, 3.8) is 0 Å². The minimum absolute atomic E-state index is 0.0639. The van der Waals surface area contributed by atoms with Crippen molar-refractivity contribution < 1.29 is 29.0 Å². The molecular weight excluding hydrogens is 498 g/mol. The van der Waals surface area contributed by atoms with Crippen molar-refractivity contribution in [2.45, 2.75) is 31.0 Å². The number of phenols is 1. The molecule has 3 amide bonds. The van der Waals surface area contributed by atoms with Crippen LogP contribution in [-0.4, -0.2) is 76.7 Å².